The minimum absolute atomic E-state index is 0.180. The Balaban J connectivity index is 1.48. The molecule has 0 atom stereocenters. The number of nitrogens with two attached hydrogens (primary N) is 1. The Bertz CT molecular complexity index is 1520. The van der Waals surface area contributed by atoms with Crippen LogP contribution in [0.5, 0.6) is 11.5 Å². The topological polar surface area (TPSA) is 113 Å². The van der Waals surface area contributed by atoms with Gasteiger partial charge in [-0.25, -0.2) is 9.48 Å². The molecule has 0 saturated heterocycles. The van der Waals surface area contributed by atoms with Crippen molar-refractivity contribution in [1.29, 1.82) is 0 Å². The second-order valence-electron chi connectivity index (χ2n) is 10.0. The number of carbonyl (C=O) groups excluding carboxylic acids is 2. The van der Waals surface area contributed by atoms with E-state index in [2.05, 4.69) is 11.1 Å². The quantitative estimate of drug-likeness (QED) is 0.387. The number of benzene rings is 2. The van der Waals surface area contributed by atoms with E-state index in [9.17, 15) is 9.59 Å². The first-order valence-electron chi connectivity index (χ1n) is 12.4. The maximum Gasteiger partial charge on any atom is 0.410 e. The lowest BCUT2D eigenvalue weighted by atomic mass is 10.0. The van der Waals surface area contributed by atoms with E-state index in [0.717, 1.165) is 16.9 Å². The summed E-state index contributed by atoms with van der Waals surface area (Å²) < 4.78 is 12.9. The smallest absolute Gasteiger partial charge is 0.410 e. The van der Waals surface area contributed by atoms with Gasteiger partial charge in [0.05, 0.1) is 5.69 Å². The number of pyridine rings is 1. The lowest BCUT2D eigenvalue weighted by Gasteiger charge is -2.30. The van der Waals surface area contributed by atoms with E-state index < -0.39 is 11.5 Å². The minimum atomic E-state index is -0.644. The van der Waals surface area contributed by atoms with Gasteiger partial charge in [-0.15, -0.1) is 0 Å². The maximum atomic E-state index is 12.7. The molecule has 0 spiro atoms. The minimum Gasteiger partial charge on any atom is -0.457 e. The summed E-state index contributed by atoms with van der Waals surface area (Å²) in [5, 5.41) is 4.76. The number of nitrogens with zero attached hydrogens (tertiary/aromatic N) is 4. The zero-order valence-electron chi connectivity index (χ0n) is 21.5. The van der Waals surface area contributed by atoms with E-state index in [1.807, 2.05) is 57.2 Å². The third-order valence-corrected chi connectivity index (χ3v) is 6.00. The number of aromatic nitrogens is 3. The number of carbonyl (C=O) groups is 2. The monoisotopic (exact) mass is 511 g/mol. The van der Waals surface area contributed by atoms with Crippen molar-refractivity contribution in [2.45, 2.75) is 32.8 Å². The molecule has 194 valence electrons. The summed E-state index contributed by atoms with van der Waals surface area (Å²) in [6.07, 6.45) is 4.01. The SMILES string of the molecule is CC(C)(C)OC(=O)N1CCC=C(c2ccnc3c(C(N)=O)n(-c4ccc(Oc5ccccc5)cc4)nc23)C1. The second-order valence-corrected chi connectivity index (χ2v) is 10.0. The number of primary amides is 1. The molecule has 0 fully saturated rings. The number of rotatable bonds is 5. The highest BCUT2D eigenvalue weighted by molar-refractivity contribution is 6.05. The molecule has 38 heavy (non-hydrogen) atoms. The molecular weight excluding hydrogens is 482 g/mol. The van der Waals surface area contributed by atoms with Gasteiger partial charge >= 0.3 is 6.09 Å². The Kier molecular flexibility index (Phi) is 6.59. The highest BCUT2D eigenvalue weighted by Crippen LogP contribution is 2.30. The van der Waals surface area contributed by atoms with Crippen molar-refractivity contribution in [2.24, 2.45) is 5.73 Å². The normalized spacial score (nSPS) is 13.8. The first kappa shape index (κ1) is 25.0. The predicted octanol–water partition coefficient (Wildman–Crippen LogP) is 5.34. The zero-order chi connectivity index (χ0) is 26.9. The van der Waals surface area contributed by atoms with Gasteiger partial charge in [0.15, 0.2) is 5.69 Å². The molecule has 0 radical (unpaired) electrons. The van der Waals surface area contributed by atoms with Gasteiger partial charge in [-0.05, 0) is 75.2 Å². The van der Waals surface area contributed by atoms with Crippen LogP contribution in [-0.4, -0.2) is 50.4 Å². The fourth-order valence-electron chi connectivity index (χ4n) is 4.35. The number of para-hydroxylation sites is 1. The third-order valence-electron chi connectivity index (χ3n) is 6.00. The summed E-state index contributed by atoms with van der Waals surface area (Å²) in [5.41, 5.74) is 8.64. The van der Waals surface area contributed by atoms with Crippen LogP contribution in [0.25, 0.3) is 22.3 Å². The van der Waals surface area contributed by atoms with E-state index in [-0.39, 0.29) is 11.8 Å². The van der Waals surface area contributed by atoms with Crippen LogP contribution < -0.4 is 10.5 Å². The van der Waals surface area contributed by atoms with Gasteiger partial charge < -0.3 is 20.1 Å². The lowest BCUT2D eigenvalue weighted by Crippen LogP contribution is -2.39. The van der Waals surface area contributed by atoms with E-state index in [1.54, 1.807) is 35.4 Å². The fraction of sp³-hybridized carbons (Fsp3) is 0.241. The van der Waals surface area contributed by atoms with Gasteiger partial charge in [0.25, 0.3) is 5.91 Å². The number of fused-ring (bicyclic) bond motifs is 1. The van der Waals surface area contributed by atoms with Crippen molar-refractivity contribution in [3.8, 4) is 17.2 Å². The summed E-state index contributed by atoms with van der Waals surface area (Å²) in [5.74, 6) is 0.721. The van der Waals surface area contributed by atoms with E-state index >= 15 is 0 Å². The average molecular weight is 512 g/mol. The van der Waals surface area contributed by atoms with Gasteiger partial charge in [-0.1, -0.05) is 24.3 Å². The lowest BCUT2D eigenvalue weighted by molar-refractivity contribution is 0.0273. The summed E-state index contributed by atoms with van der Waals surface area (Å²) in [7, 11) is 0. The molecule has 3 heterocycles. The van der Waals surface area contributed by atoms with Gasteiger partial charge in [-0.3, -0.25) is 9.78 Å². The van der Waals surface area contributed by atoms with Crippen LogP contribution in [0.3, 0.4) is 0 Å². The molecule has 9 nitrogen and oxygen atoms in total. The van der Waals surface area contributed by atoms with Crippen LogP contribution in [0.2, 0.25) is 0 Å². The molecule has 2 N–H and O–H groups in total. The van der Waals surface area contributed by atoms with Gasteiger partial charge in [-0.2, -0.15) is 5.10 Å². The van der Waals surface area contributed by atoms with Crippen molar-refractivity contribution in [2.75, 3.05) is 13.1 Å². The van der Waals surface area contributed by atoms with Crippen molar-refractivity contribution in [3.63, 3.8) is 0 Å². The Morgan fingerprint density at radius 2 is 1.66 bits per heavy atom. The Morgan fingerprint density at radius 1 is 0.947 bits per heavy atom. The summed E-state index contributed by atoms with van der Waals surface area (Å²) in [6, 6.07) is 18.5. The molecule has 0 unspecified atom stereocenters. The molecule has 2 aromatic carbocycles. The van der Waals surface area contributed by atoms with Crippen LogP contribution >= 0.6 is 0 Å². The largest absolute Gasteiger partial charge is 0.457 e. The Morgan fingerprint density at radius 3 is 2.34 bits per heavy atom. The summed E-state index contributed by atoms with van der Waals surface area (Å²) >= 11 is 0. The van der Waals surface area contributed by atoms with E-state index in [0.29, 0.717) is 42.0 Å². The molecule has 5 rings (SSSR count). The zero-order valence-corrected chi connectivity index (χ0v) is 21.5. The number of ether oxygens (including phenoxy) is 2. The molecule has 1 aliphatic heterocycles. The van der Waals surface area contributed by atoms with Crippen LogP contribution in [-0.2, 0) is 4.74 Å². The first-order valence-corrected chi connectivity index (χ1v) is 12.4. The number of hydrogen-bond donors (Lipinski definition) is 1. The van der Waals surface area contributed by atoms with Crippen LogP contribution in [0.4, 0.5) is 4.79 Å². The highest BCUT2D eigenvalue weighted by atomic mass is 16.6. The molecule has 0 bridgehead atoms. The first-order chi connectivity index (χ1) is 18.2. The molecule has 2 amide bonds. The Hall–Kier alpha value is -4.66. The summed E-state index contributed by atoms with van der Waals surface area (Å²) in [6.45, 7) is 6.45. The van der Waals surface area contributed by atoms with Gasteiger partial charge in [0, 0.05) is 24.8 Å². The predicted molar refractivity (Wildman–Crippen MR) is 144 cm³/mol. The van der Waals surface area contributed by atoms with Crippen LogP contribution in [0.15, 0.2) is 72.9 Å². The van der Waals surface area contributed by atoms with E-state index in [1.165, 1.54) is 4.68 Å². The summed E-state index contributed by atoms with van der Waals surface area (Å²) in [4.78, 5) is 31.4. The van der Waals surface area contributed by atoms with Crippen molar-refractivity contribution in [3.05, 3.63) is 84.2 Å². The average Bonchev–Trinajstić information content (AvgIpc) is 3.29. The molecule has 0 saturated carbocycles. The second kappa shape index (κ2) is 10.0. The van der Waals surface area contributed by atoms with Gasteiger partial charge in [0.1, 0.15) is 28.1 Å². The maximum absolute atomic E-state index is 12.7. The molecular formula is C29H29N5O4. The molecule has 2 aromatic heterocycles. The highest BCUT2D eigenvalue weighted by Gasteiger charge is 2.27. The number of amides is 2. The van der Waals surface area contributed by atoms with Gasteiger partial charge in [0.2, 0.25) is 0 Å². The molecule has 4 aromatic rings. The standard InChI is InChI=1S/C29H29N5O4/c1-29(2,3)38-28(36)33-17-7-8-19(18-33)23-15-16-31-25-24(23)32-34(26(25)27(30)35)20-11-13-22(14-12-20)37-21-9-5-4-6-10-21/h4-6,8-16H,7,17-18H2,1-3H3,(H2,30,35). The van der Waals surface area contributed by atoms with Crippen molar-refractivity contribution < 1.29 is 19.1 Å². The van der Waals surface area contributed by atoms with Crippen molar-refractivity contribution >= 4 is 28.6 Å². The van der Waals surface area contributed by atoms with Crippen LogP contribution in [0, 0.1) is 0 Å². The molecule has 9 heteroatoms. The van der Waals surface area contributed by atoms with Crippen LogP contribution in [0.1, 0.15) is 43.2 Å². The molecule has 0 aliphatic carbocycles. The fourth-order valence-corrected chi connectivity index (χ4v) is 4.35. The van der Waals surface area contributed by atoms with Crippen molar-refractivity contribution in [1.82, 2.24) is 19.7 Å². The molecule has 1 aliphatic rings. The number of hydrogen-bond acceptors (Lipinski definition) is 6. The Labute approximate surface area is 220 Å². The van der Waals surface area contributed by atoms with E-state index in [4.69, 9.17) is 20.3 Å². The third kappa shape index (κ3) is 5.22.